The van der Waals surface area contributed by atoms with E-state index in [-0.39, 0.29) is 23.7 Å². The van der Waals surface area contributed by atoms with Crippen molar-refractivity contribution in [3.05, 3.63) is 24.0 Å². The highest BCUT2D eigenvalue weighted by Crippen LogP contribution is 2.24. The zero-order chi connectivity index (χ0) is 16.1. The maximum atomic E-state index is 13.5. The van der Waals surface area contributed by atoms with Crippen molar-refractivity contribution in [1.82, 2.24) is 5.32 Å². The molecule has 0 spiro atoms. The van der Waals surface area contributed by atoms with Crippen LogP contribution in [-0.4, -0.2) is 18.0 Å². The molecule has 0 aliphatic heterocycles. The van der Waals surface area contributed by atoms with Gasteiger partial charge in [0.2, 0.25) is 5.91 Å². The van der Waals surface area contributed by atoms with Crippen molar-refractivity contribution in [2.75, 3.05) is 10.6 Å². The van der Waals surface area contributed by atoms with E-state index in [0.29, 0.717) is 11.6 Å². The lowest BCUT2D eigenvalue weighted by Gasteiger charge is -2.29. The average Bonchev–Trinajstić information content (AvgIpc) is 2.44. The number of nitrogens with one attached hydrogen (secondary N) is 3. The van der Waals surface area contributed by atoms with E-state index in [1.54, 1.807) is 0 Å². The summed E-state index contributed by atoms with van der Waals surface area (Å²) in [5, 5.41) is 8.03. The predicted octanol–water partition coefficient (Wildman–Crippen LogP) is 3.48. The molecule has 1 aliphatic carbocycles. The van der Waals surface area contributed by atoms with Crippen molar-refractivity contribution < 1.29 is 14.0 Å². The van der Waals surface area contributed by atoms with E-state index in [0.717, 1.165) is 19.3 Å². The highest BCUT2D eigenvalue weighted by molar-refractivity contribution is 5.92. The Labute approximate surface area is 129 Å². The molecule has 3 amide bonds. The fourth-order valence-electron chi connectivity index (χ4n) is 2.75. The molecule has 0 bridgehead atoms. The van der Waals surface area contributed by atoms with Gasteiger partial charge in [0.25, 0.3) is 0 Å². The summed E-state index contributed by atoms with van der Waals surface area (Å²) in [6.07, 6.45) is 4.43. The van der Waals surface area contributed by atoms with Crippen molar-refractivity contribution in [2.45, 2.75) is 45.6 Å². The Hall–Kier alpha value is -2.11. The van der Waals surface area contributed by atoms with Crippen LogP contribution >= 0.6 is 0 Å². The minimum absolute atomic E-state index is 0.0522. The molecule has 3 N–H and O–H groups in total. The summed E-state index contributed by atoms with van der Waals surface area (Å²) in [6, 6.07) is 3.94. The van der Waals surface area contributed by atoms with Crippen molar-refractivity contribution in [2.24, 2.45) is 5.92 Å². The van der Waals surface area contributed by atoms with Crippen molar-refractivity contribution in [1.29, 1.82) is 0 Å². The van der Waals surface area contributed by atoms with Gasteiger partial charge in [-0.05, 0) is 37.0 Å². The molecule has 1 aromatic rings. The fourth-order valence-corrected chi connectivity index (χ4v) is 2.75. The van der Waals surface area contributed by atoms with Gasteiger partial charge in [-0.25, -0.2) is 9.18 Å². The molecule has 0 saturated heterocycles. The number of halogens is 1. The van der Waals surface area contributed by atoms with Crippen LogP contribution in [0.3, 0.4) is 0 Å². The molecule has 22 heavy (non-hydrogen) atoms. The molecule has 2 rings (SSSR count). The predicted molar refractivity (Wildman–Crippen MR) is 84.3 cm³/mol. The zero-order valence-electron chi connectivity index (χ0n) is 12.9. The summed E-state index contributed by atoms with van der Waals surface area (Å²) in [5.41, 5.74) is 0.488. The number of anilines is 2. The van der Waals surface area contributed by atoms with Gasteiger partial charge in [0.05, 0.1) is 5.69 Å². The van der Waals surface area contributed by atoms with Gasteiger partial charge < -0.3 is 16.0 Å². The Balaban J connectivity index is 1.97. The van der Waals surface area contributed by atoms with E-state index in [1.165, 1.54) is 31.5 Å². The lowest BCUT2D eigenvalue weighted by atomic mass is 9.86. The molecule has 2 unspecified atom stereocenters. The normalized spacial score (nSPS) is 21.0. The molecule has 0 heterocycles. The minimum Gasteiger partial charge on any atom is -0.335 e. The number of carbonyl (C=O) groups is 2. The minimum atomic E-state index is -0.540. The lowest BCUT2D eigenvalue weighted by molar-refractivity contribution is -0.114. The van der Waals surface area contributed by atoms with E-state index in [4.69, 9.17) is 0 Å². The second-order valence-electron chi connectivity index (χ2n) is 5.84. The molecule has 120 valence electrons. The Morgan fingerprint density at radius 2 is 1.91 bits per heavy atom. The molecule has 5 nitrogen and oxygen atoms in total. The number of carbonyl (C=O) groups excluding carboxylic acids is 2. The number of rotatable bonds is 3. The van der Waals surface area contributed by atoms with Gasteiger partial charge in [-0.1, -0.05) is 19.8 Å². The number of amides is 3. The Morgan fingerprint density at radius 3 is 2.59 bits per heavy atom. The lowest BCUT2D eigenvalue weighted by Crippen LogP contribution is -2.43. The molecule has 0 aromatic heterocycles. The fraction of sp³-hybridized carbons (Fsp3) is 0.500. The van der Waals surface area contributed by atoms with Gasteiger partial charge in [0, 0.05) is 18.7 Å². The van der Waals surface area contributed by atoms with Crippen molar-refractivity contribution >= 4 is 23.3 Å². The molecule has 1 aromatic carbocycles. The Morgan fingerprint density at radius 1 is 1.18 bits per heavy atom. The summed E-state index contributed by atoms with van der Waals surface area (Å²) in [6.45, 7) is 3.44. The summed E-state index contributed by atoms with van der Waals surface area (Å²) < 4.78 is 13.5. The zero-order valence-corrected chi connectivity index (χ0v) is 12.9. The molecule has 2 atom stereocenters. The van der Waals surface area contributed by atoms with E-state index >= 15 is 0 Å². The van der Waals surface area contributed by atoms with Gasteiger partial charge >= 0.3 is 6.03 Å². The number of hydrogen-bond donors (Lipinski definition) is 3. The van der Waals surface area contributed by atoms with E-state index in [1.807, 2.05) is 0 Å². The molecule has 1 saturated carbocycles. The van der Waals surface area contributed by atoms with Gasteiger partial charge in [-0.15, -0.1) is 0 Å². The molecule has 1 fully saturated rings. The highest BCUT2D eigenvalue weighted by Gasteiger charge is 2.22. The summed E-state index contributed by atoms with van der Waals surface area (Å²) in [5.74, 6) is -0.443. The van der Waals surface area contributed by atoms with Crippen molar-refractivity contribution in [3.8, 4) is 0 Å². The van der Waals surface area contributed by atoms with Gasteiger partial charge in [0.1, 0.15) is 5.82 Å². The quantitative estimate of drug-likeness (QED) is 0.800. The SMILES string of the molecule is CC(=O)Nc1cc(NC(=O)NC2CCCCC2C)ccc1F. The molecule has 0 radical (unpaired) electrons. The Kier molecular flexibility index (Phi) is 5.35. The topological polar surface area (TPSA) is 70.2 Å². The first-order valence-electron chi connectivity index (χ1n) is 7.60. The second kappa shape index (κ2) is 7.24. The van der Waals surface area contributed by atoms with Gasteiger partial charge in [0.15, 0.2) is 0 Å². The largest absolute Gasteiger partial charge is 0.335 e. The molecular weight excluding hydrogens is 285 g/mol. The van der Waals surface area contributed by atoms with Gasteiger partial charge in [-0.2, -0.15) is 0 Å². The van der Waals surface area contributed by atoms with Crippen LogP contribution in [0.5, 0.6) is 0 Å². The monoisotopic (exact) mass is 307 g/mol. The van der Waals surface area contributed by atoms with Crippen LogP contribution < -0.4 is 16.0 Å². The number of benzene rings is 1. The van der Waals surface area contributed by atoms with Crippen LogP contribution in [0.2, 0.25) is 0 Å². The third-order valence-corrected chi connectivity index (χ3v) is 3.96. The number of hydrogen-bond acceptors (Lipinski definition) is 2. The molecular formula is C16H22FN3O2. The Bertz CT molecular complexity index is 562. The van der Waals surface area contributed by atoms with E-state index < -0.39 is 5.82 Å². The van der Waals surface area contributed by atoms with Crippen LogP contribution in [-0.2, 0) is 4.79 Å². The molecule has 6 heteroatoms. The van der Waals surface area contributed by atoms with Crippen molar-refractivity contribution in [3.63, 3.8) is 0 Å². The maximum absolute atomic E-state index is 13.5. The van der Waals surface area contributed by atoms with Crippen LogP contribution in [0.15, 0.2) is 18.2 Å². The smallest absolute Gasteiger partial charge is 0.319 e. The van der Waals surface area contributed by atoms with E-state index in [2.05, 4.69) is 22.9 Å². The second-order valence-corrected chi connectivity index (χ2v) is 5.84. The van der Waals surface area contributed by atoms with Gasteiger partial charge in [-0.3, -0.25) is 4.79 Å². The first-order valence-corrected chi connectivity index (χ1v) is 7.60. The van der Waals surface area contributed by atoms with Crippen LogP contribution in [0, 0.1) is 11.7 Å². The average molecular weight is 307 g/mol. The maximum Gasteiger partial charge on any atom is 0.319 e. The first-order chi connectivity index (χ1) is 10.5. The van der Waals surface area contributed by atoms with Crippen LogP contribution in [0.25, 0.3) is 0 Å². The highest BCUT2D eigenvalue weighted by atomic mass is 19.1. The van der Waals surface area contributed by atoms with E-state index in [9.17, 15) is 14.0 Å². The third-order valence-electron chi connectivity index (χ3n) is 3.96. The summed E-state index contributed by atoms with van der Waals surface area (Å²) in [7, 11) is 0. The molecule has 1 aliphatic rings. The number of urea groups is 1. The van der Waals surface area contributed by atoms with Crippen LogP contribution in [0.1, 0.15) is 39.5 Å². The first kappa shape index (κ1) is 16.3. The van der Waals surface area contributed by atoms with Crippen LogP contribution in [0.4, 0.5) is 20.6 Å². The third kappa shape index (κ3) is 4.44. The summed E-state index contributed by atoms with van der Waals surface area (Å²) >= 11 is 0. The standard InChI is InChI=1S/C16H22FN3O2/c1-10-5-3-4-6-14(10)20-16(22)19-12-7-8-13(17)15(9-12)18-11(2)21/h7-10,14H,3-6H2,1-2H3,(H,18,21)(H2,19,20,22). The summed E-state index contributed by atoms with van der Waals surface area (Å²) in [4.78, 5) is 23.1.